The standard InChI is InChI=1S/C11H13NO2/c1-7(13)12-11-5-3-8-2-4-9(14)6-10(8)11/h2,4,6,11,14H,3,5H2,1H3,(H,12,13). The van der Waals surface area contributed by atoms with Gasteiger partial charge in [0.25, 0.3) is 0 Å². The van der Waals surface area contributed by atoms with E-state index in [1.807, 2.05) is 6.07 Å². The average Bonchev–Trinajstić information content (AvgIpc) is 2.47. The van der Waals surface area contributed by atoms with E-state index in [1.165, 1.54) is 12.5 Å². The quantitative estimate of drug-likeness (QED) is 0.707. The Morgan fingerprint density at radius 2 is 2.36 bits per heavy atom. The van der Waals surface area contributed by atoms with Gasteiger partial charge in [0.05, 0.1) is 6.04 Å². The topological polar surface area (TPSA) is 49.3 Å². The Labute approximate surface area is 82.8 Å². The van der Waals surface area contributed by atoms with E-state index in [9.17, 15) is 9.90 Å². The molecule has 0 aliphatic heterocycles. The van der Waals surface area contributed by atoms with Gasteiger partial charge in [0.1, 0.15) is 5.75 Å². The zero-order chi connectivity index (χ0) is 10.1. The van der Waals surface area contributed by atoms with Crippen LogP contribution in [0, 0.1) is 0 Å². The first-order valence-electron chi connectivity index (χ1n) is 4.75. The second kappa shape index (κ2) is 3.33. The summed E-state index contributed by atoms with van der Waals surface area (Å²) in [6.45, 7) is 1.51. The number of aryl methyl sites for hydroxylation is 1. The molecule has 0 heterocycles. The number of carbonyl (C=O) groups is 1. The van der Waals surface area contributed by atoms with Crippen LogP contribution in [0.2, 0.25) is 0 Å². The molecule has 14 heavy (non-hydrogen) atoms. The van der Waals surface area contributed by atoms with Crippen molar-refractivity contribution in [1.82, 2.24) is 5.32 Å². The smallest absolute Gasteiger partial charge is 0.217 e. The summed E-state index contributed by atoms with van der Waals surface area (Å²) in [5.74, 6) is 0.243. The molecule has 1 unspecified atom stereocenters. The van der Waals surface area contributed by atoms with Crippen LogP contribution >= 0.6 is 0 Å². The van der Waals surface area contributed by atoms with Gasteiger partial charge in [0, 0.05) is 6.92 Å². The van der Waals surface area contributed by atoms with Crippen LogP contribution in [0.1, 0.15) is 30.5 Å². The zero-order valence-electron chi connectivity index (χ0n) is 8.08. The second-order valence-electron chi connectivity index (χ2n) is 3.67. The highest BCUT2D eigenvalue weighted by atomic mass is 16.3. The number of phenolic OH excluding ortho intramolecular Hbond substituents is 1. The van der Waals surface area contributed by atoms with Gasteiger partial charge in [-0.1, -0.05) is 6.07 Å². The first-order chi connectivity index (χ1) is 6.66. The normalized spacial score (nSPS) is 19.1. The summed E-state index contributed by atoms with van der Waals surface area (Å²) in [6.07, 6.45) is 1.90. The van der Waals surface area contributed by atoms with Gasteiger partial charge in [-0.2, -0.15) is 0 Å². The maximum absolute atomic E-state index is 10.9. The molecule has 3 heteroatoms. The number of benzene rings is 1. The summed E-state index contributed by atoms with van der Waals surface area (Å²) in [6, 6.07) is 5.43. The van der Waals surface area contributed by atoms with E-state index in [1.54, 1.807) is 12.1 Å². The third-order valence-corrected chi connectivity index (χ3v) is 2.58. The molecule has 3 nitrogen and oxygen atoms in total. The maximum Gasteiger partial charge on any atom is 0.217 e. The summed E-state index contributed by atoms with van der Waals surface area (Å²) in [7, 11) is 0. The van der Waals surface area contributed by atoms with Crippen LogP contribution in [-0.4, -0.2) is 11.0 Å². The lowest BCUT2D eigenvalue weighted by atomic mass is 10.1. The summed E-state index contributed by atoms with van der Waals surface area (Å²) >= 11 is 0. The van der Waals surface area contributed by atoms with Gasteiger partial charge in [-0.05, 0) is 36.1 Å². The third-order valence-electron chi connectivity index (χ3n) is 2.58. The van der Waals surface area contributed by atoms with Gasteiger partial charge >= 0.3 is 0 Å². The molecule has 0 aromatic heterocycles. The van der Waals surface area contributed by atoms with Crippen LogP contribution < -0.4 is 5.32 Å². The monoisotopic (exact) mass is 191 g/mol. The number of amides is 1. The predicted molar refractivity (Wildman–Crippen MR) is 53.0 cm³/mol. The number of aromatic hydroxyl groups is 1. The Bertz CT molecular complexity index is 374. The van der Waals surface area contributed by atoms with E-state index in [2.05, 4.69) is 5.32 Å². The van der Waals surface area contributed by atoms with E-state index >= 15 is 0 Å². The fraction of sp³-hybridized carbons (Fsp3) is 0.364. The first kappa shape index (κ1) is 9.06. The molecule has 0 saturated carbocycles. The van der Waals surface area contributed by atoms with E-state index in [-0.39, 0.29) is 17.7 Å². The lowest BCUT2D eigenvalue weighted by molar-refractivity contribution is -0.119. The molecule has 1 aliphatic carbocycles. The number of hydrogen-bond acceptors (Lipinski definition) is 2. The van der Waals surface area contributed by atoms with Crippen LogP contribution in [0.4, 0.5) is 0 Å². The van der Waals surface area contributed by atoms with E-state index in [0.29, 0.717) is 0 Å². The minimum atomic E-state index is -0.0220. The van der Waals surface area contributed by atoms with Crippen molar-refractivity contribution in [3.8, 4) is 5.75 Å². The summed E-state index contributed by atoms with van der Waals surface area (Å²) in [5.41, 5.74) is 2.28. The molecule has 0 radical (unpaired) electrons. The summed E-state index contributed by atoms with van der Waals surface area (Å²) in [4.78, 5) is 10.9. The molecule has 0 saturated heterocycles. The summed E-state index contributed by atoms with van der Waals surface area (Å²) in [5, 5.41) is 12.2. The van der Waals surface area contributed by atoms with Crippen LogP contribution in [0.15, 0.2) is 18.2 Å². The van der Waals surface area contributed by atoms with Crippen molar-refractivity contribution < 1.29 is 9.90 Å². The molecular formula is C11H13NO2. The van der Waals surface area contributed by atoms with Crippen molar-refractivity contribution in [2.75, 3.05) is 0 Å². The second-order valence-corrected chi connectivity index (χ2v) is 3.67. The molecule has 0 fully saturated rings. The largest absolute Gasteiger partial charge is 0.508 e. The van der Waals surface area contributed by atoms with Crippen molar-refractivity contribution in [3.63, 3.8) is 0 Å². The van der Waals surface area contributed by atoms with Crippen molar-refractivity contribution in [1.29, 1.82) is 0 Å². The van der Waals surface area contributed by atoms with Crippen LogP contribution in [-0.2, 0) is 11.2 Å². The third kappa shape index (κ3) is 1.58. The number of hydrogen-bond donors (Lipinski definition) is 2. The number of nitrogens with one attached hydrogen (secondary N) is 1. The Morgan fingerprint density at radius 1 is 1.57 bits per heavy atom. The van der Waals surface area contributed by atoms with E-state index in [4.69, 9.17) is 0 Å². The number of fused-ring (bicyclic) bond motifs is 1. The molecule has 2 N–H and O–H groups in total. The van der Waals surface area contributed by atoms with Crippen molar-refractivity contribution >= 4 is 5.91 Å². The Morgan fingerprint density at radius 3 is 3.07 bits per heavy atom. The molecule has 0 spiro atoms. The van der Waals surface area contributed by atoms with Gasteiger partial charge in [-0.15, -0.1) is 0 Å². The molecule has 2 rings (SSSR count). The maximum atomic E-state index is 10.9. The van der Waals surface area contributed by atoms with Crippen molar-refractivity contribution in [3.05, 3.63) is 29.3 Å². The van der Waals surface area contributed by atoms with Crippen molar-refractivity contribution in [2.45, 2.75) is 25.8 Å². The molecule has 1 aromatic carbocycles. The average molecular weight is 191 g/mol. The predicted octanol–water partition coefficient (Wildman–Crippen LogP) is 1.52. The Balaban J connectivity index is 2.28. The number of phenols is 1. The van der Waals surface area contributed by atoms with Gasteiger partial charge in [0.15, 0.2) is 0 Å². The van der Waals surface area contributed by atoms with Crippen LogP contribution in [0.5, 0.6) is 5.75 Å². The lowest BCUT2D eigenvalue weighted by Gasteiger charge is -2.12. The fourth-order valence-electron chi connectivity index (χ4n) is 1.99. The van der Waals surface area contributed by atoms with Gasteiger partial charge < -0.3 is 10.4 Å². The highest BCUT2D eigenvalue weighted by Crippen LogP contribution is 2.33. The van der Waals surface area contributed by atoms with Crippen LogP contribution in [0.3, 0.4) is 0 Å². The molecule has 1 atom stereocenters. The highest BCUT2D eigenvalue weighted by Gasteiger charge is 2.22. The van der Waals surface area contributed by atoms with Gasteiger partial charge in [0.2, 0.25) is 5.91 Å². The molecule has 1 aliphatic rings. The van der Waals surface area contributed by atoms with Crippen molar-refractivity contribution in [2.24, 2.45) is 0 Å². The summed E-state index contributed by atoms with van der Waals surface area (Å²) < 4.78 is 0. The molecule has 0 bridgehead atoms. The Hall–Kier alpha value is -1.51. The van der Waals surface area contributed by atoms with Gasteiger partial charge in [-0.25, -0.2) is 0 Å². The first-order valence-corrected chi connectivity index (χ1v) is 4.75. The highest BCUT2D eigenvalue weighted by molar-refractivity contribution is 5.73. The minimum absolute atomic E-state index is 0.0220. The molecule has 1 aromatic rings. The lowest BCUT2D eigenvalue weighted by Crippen LogP contribution is -2.24. The van der Waals surface area contributed by atoms with Crippen LogP contribution in [0.25, 0.3) is 0 Å². The van der Waals surface area contributed by atoms with E-state index < -0.39 is 0 Å². The molecule has 1 amide bonds. The zero-order valence-corrected chi connectivity index (χ0v) is 8.08. The van der Waals surface area contributed by atoms with E-state index in [0.717, 1.165) is 18.4 Å². The SMILES string of the molecule is CC(=O)NC1CCc2ccc(O)cc21. The fourth-order valence-corrected chi connectivity index (χ4v) is 1.99. The Kier molecular flexibility index (Phi) is 2.15. The van der Waals surface area contributed by atoms with Gasteiger partial charge in [-0.3, -0.25) is 4.79 Å². The molecular weight excluding hydrogens is 178 g/mol. The number of rotatable bonds is 1. The minimum Gasteiger partial charge on any atom is -0.508 e. The molecule has 74 valence electrons. The number of carbonyl (C=O) groups excluding carboxylic acids is 1.